The molecule has 1 rings (SSSR count). The number of hydrogen-bond donors (Lipinski definition) is 3. The number of phenolic OH excluding ortho intramolecular Hbond substituents is 1. The number of hydrogen-bond acceptors (Lipinski definition) is 4. The molecule has 0 unspecified atom stereocenters. The first-order chi connectivity index (χ1) is 5.61. The molecule has 0 radical (unpaired) electrons. The summed E-state index contributed by atoms with van der Waals surface area (Å²) in [6.07, 6.45) is -2.02. The number of carbonyl (C=O) groups is 1. The maximum absolute atomic E-state index is 10.9. The Balaban J connectivity index is 2.96. The zero-order valence-electron chi connectivity index (χ0n) is 6.14. The lowest BCUT2D eigenvalue weighted by Crippen LogP contribution is -2.18. The number of carbonyl (C=O) groups excluding carboxylic acids is 1. The number of ketones is 1. The quantitative estimate of drug-likeness (QED) is 0.425. The third-order valence-corrected chi connectivity index (χ3v) is 1.37. The van der Waals surface area contributed by atoms with Gasteiger partial charge in [-0.15, -0.1) is 0 Å². The molecule has 0 amide bonds. The number of phenols is 1. The summed E-state index contributed by atoms with van der Waals surface area (Å²) in [6.45, 7) is 0. The number of rotatable bonds is 2. The Morgan fingerprint density at radius 2 is 2.00 bits per heavy atom. The molecule has 0 saturated heterocycles. The van der Waals surface area contributed by atoms with Crippen LogP contribution in [0.2, 0.25) is 0 Å². The molecule has 1 aromatic rings. The molecule has 0 fully saturated rings. The Labute approximate surface area is 68.7 Å². The third-order valence-electron chi connectivity index (χ3n) is 1.37. The first-order valence-electron chi connectivity index (χ1n) is 3.30. The second kappa shape index (κ2) is 3.34. The zero-order valence-corrected chi connectivity index (χ0v) is 6.14. The highest BCUT2D eigenvalue weighted by Gasteiger charge is 2.13. The molecule has 64 valence electrons. The molecule has 0 spiro atoms. The van der Waals surface area contributed by atoms with Gasteiger partial charge in [0, 0.05) is 5.56 Å². The van der Waals surface area contributed by atoms with E-state index in [-0.39, 0.29) is 11.3 Å². The monoisotopic (exact) mass is 168 g/mol. The SMILES string of the molecule is O=C(c1cccc(O)c1)C(O)O. The van der Waals surface area contributed by atoms with E-state index in [1.54, 1.807) is 0 Å². The molecule has 1 aromatic carbocycles. The Morgan fingerprint density at radius 3 is 2.50 bits per heavy atom. The molecule has 0 aromatic heterocycles. The first kappa shape index (κ1) is 8.70. The fraction of sp³-hybridized carbons (Fsp3) is 0.125. The molecule has 0 saturated carbocycles. The Bertz CT molecular complexity index is 293. The second-order valence-corrected chi connectivity index (χ2v) is 2.29. The van der Waals surface area contributed by atoms with E-state index in [4.69, 9.17) is 15.3 Å². The van der Waals surface area contributed by atoms with E-state index in [0.29, 0.717) is 0 Å². The molecule has 0 heterocycles. The van der Waals surface area contributed by atoms with E-state index >= 15 is 0 Å². The van der Waals surface area contributed by atoms with Crippen molar-refractivity contribution in [3.8, 4) is 5.75 Å². The molecule has 3 N–H and O–H groups in total. The Kier molecular flexibility index (Phi) is 2.42. The van der Waals surface area contributed by atoms with Gasteiger partial charge >= 0.3 is 0 Å². The highest BCUT2D eigenvalue weighted by Crippen LogP contribution is 2.11. The maximum Gasteiger partial charge on any atom is 0.218 e. The number of benzene rings is 1. The van der Waals surface area contributed by atoms with Gasteiger partial charge in [0.1, 0.15) is 5.75 Å². The Morgan fingerprint density at radius 1 is 1.33 bits per heavy atom. The lowest BCUT2D eigenvalue weighted by molar-refractivity contribution is -0.0195. The summed E-state index contributed by atoms with van der Waals surface area (Å²) in [5.74, 6) is -0.910. The standard InChI is InChI=1S/C8H8O4/c9-6-3-1-2-5(4-6)7(10)8(11)12/h1-4,8-9,11-12H. The van der Waals surface area contributed by atoms with Gasteiger partial charge in [0.25, 0.3) is 0 Å². The molecular weight excluding hydrogens is 160 g/mol. The molecule has 0 aliphatic rings. The van der Waals surface area contributed by atoms with Gasteiger partial charge in [-0.3, -0.25) is 4.79 Å². The van der Waals surface area contributed by atoms with Crippen LogP contribution in [0.4, 0.5) is 0 Å². The van der Waals surface area contributed by atoms with Crippen molar-refractivity contribution < 1.29 is 20.1 Å². The smallest absolute Gasteiger partial charge is 0.218 e. The summed E-state index contributed by atoms with van der Waals surface area (Å²) in [4.78, 5) is 10.9. The van der Waals surface area contributed by atoms with Gasteiger partial charge in [-0.2, -0.15) is 0 Å². The second-order valence-electron chi connectivity index (χ2n) is 2.29. The van der Waals surface area contributed by atoms with Crippen LogP contribution >= 0.6 is 0 Å². The van der Waals surface area contributed by atoms with E-state index in [9.17, 15) is 4.79 Å². The van der Waals surface area contributed by atoms with Gasteiger partial charge in [-0.25, -0.2) is 0 Å². The van der Waals surface area contributed by atoms with Crippen molar-refractivity contribution in [1.82, 2.24) is 0 Å². The molecule has 4 nitrogen and oxygen atoms in total. The van der Waals surface area contributed by atoms with Crippen molar-refractivity contribution in [3.05, 3.63) is 29.8 Å². The van der Waals surface area contributed by atoms with Crippen LogP contribution in [0.3, 0.4) is 0 Å². The van der Waals surface area contributed by atoms with Crippen LogP contribution in [-0.4, -0.2) is 27.4 Å². The van der Waals surface area contributed by atoms with E-state index < -0.39 is 12.1 Å². The fourth-order valence-electron chi connectivity index (χ4n) is 0.808. The van der Waals surface area contributed by atoms with Gasteiger partial charge in [-0.1, -0.05) is 12.1 Å². The van der Waals surface area contributed by atoms with Crippen LogP contribution in [0.1, 0.15) is 10.4 Å². The summed E-state index contributed by atoms with van der Waals surface area (Å²) in [7, 11) is 0. The van der Waals surface area contributed by atoms with E-state index in [0.717, 1.165) is 0 Å². The van der Waals surface area contributed by atoms with E-state index in [1.807, 2.05) is 0 Å². The van der Waals surface area contributed by atoms with Crippen LogP contribution in [0.25, 0.3) is 0 Å². The highest BCUT2D eigenvalue weighted by molar-refractivity contribution is 5.98. The minimum Gasteiger partial charge on any atom is -0.508 e. The van der Waals surface area contributed by atoms with Crippen molar-refractivity contribution in [3.63, 3.8) is 0 Å². The van der Waals surface area contributed by atoms with Crippen molar-refractivity contribution >= 4 is 5.78 Å². The number of Topliss-reactive ketones (excluding diaryl/α,β-unsaturated/α-hetero) is 1. The van der Waals surface area contributed by atoms with Crippen LogP contribution in [0.5, 0.6) is 5.75 Å². The predicted octanol–water partition coefficient (Wildman–Crippen LogP) is -0.114. The fourth-order valence-corrected chi connectivity index (χ4v) is 0.808. The topological polar surface area (TPSA) is 77.8 Å². The van der Waals surface area contributed by atoms with Gasteiger partial charge < -0.3 is 15.3 Å². The molecule has 0 atom stereocenters. The zero-order chi connectivity index (χ0) is 9.14. The van der Waals surface area contributed by atoms with E-state index in [2.05, 4.69) is 0 Å². The van der Waals surface area contributed by atoms with Crippen molar-refractivity contribution in [2.45, 2.75) is 6.29 Å². The lowest BCUT2D eigenvalue weighted by atomic mass is 10.1. The lowest BCUT2D eigenvalue weighted by Gasteiger charge is -2.01. The molecule has 0 bridgehead atoms. The first-order valence-corrected chi connectivity index (χ1v) is 3.30. The third kappa shape index (κ3) is 1.81. The van der Waals surface area contributed by atoms with E-state index in [1.165, 1.54) is 24.3 Å². The number of aliphatic hydroxyl groups excluding tert-OH is 1. The van der Waals surface area contributed by atoms with Crippen molar-refractivity contribution in [1.29, 1.82) is 0 Å². The Hall–Kier alpha value is -1.39. The highest BCUT2D eigenvalue weighted by atomic mass is 16.5. The normalized spacial score (nSPS) is 10.2. The molecule has 4 heteroatoms. The van der Waals surface area contributed by atoms with Crippen molar-refractivity contribution in [2.24, 2.45) is 0 Å². The summed E-state index contributed by atoms with van der Waals surface area (Å²) < 4.78 is 0. The summed E-state index contributed by atoms with van der Waals surface area (Å²) in [5.41, 5.74) is 0.0741. The number of aliphatic hydroxyl groups is 2. The van der Waals surface area contributed by atoms with Crippen molar-refractivity contribution in [2.75, 3.05) is 0 Å². The predicted molar refractivity (Wildman–Crippen MR) is 40.7 cm³/mol. The summed E-state index contributed by atoms with van der Waals surface area (Å²) in [5, 5.41) is 25.9. The molecule has 12 heavy (non-hydrogen) atoms. The van der Waals surface area contributed by atoms with Crippen LogP contribution in [0, 0.1) is 0 Å². The number of aromatic hydroxyl groups is 1. The van der Waals surface area contributed by atoms with Gasteiger partial charge in [0.2, 0.25) is 12.1 Å². The maximum atomic E-state index is 10.9. The van der Waals surface area contributed by atoms with Crippen LogP contribution in [-0.2, 0) is 0 Å². The molecular formula is C8H8O4. The summed E-state index contributed by atoms with van der Waals surface area (Å²) >= 11 is 0. The largest absolute Gasteiger partial charge is 0.508 e. The average Bonchev–Trinajstić information content (AvgIpc) is 2.03. The molecule has 0 aliphatic carbocycles. The van der Waals surface area contributed by atoms with Gasteiger partial charge in [0.15, 0.2) is 0 Å². The summed E-state index contributed by atoms with van der Waals surface area (Å²) in [6, 6.07) is 5.40. The van der Waals surface area contributed by atoms with Gasteiger partial charge in [0.05, 0.1) is 0 Å². The van der Waals surface area contributed by atoms with Gasteiger partial charge in [-0.05, 0) is 12.1 Å². The minimum absolute atomic E-state index is 0.0741. The minimum atomic E-state index is -2.02. The van der Waals surface area contributed by atoms with Crippen LogP contribution in [0.15, 0.2) is 24.3 Å². The average molecular weight is 168 g/mol. The van der Waals surface area contributed by atoms with Crippen LogP contribution < -0.4 is 0 Å². The molecule has 0 aliphatic heterocycles.